The van der Waals surface area contributed by atoms with Gasteiger partial charge in [-0.05, 0) is 98.0 Å². The van der Waals surface area contributed by atoms with E-state index in [0.717, 1.165) is 63.6 Å². The number of ether oxygens (including phenoxy) is 4. The van der Waals surface area contributed by atoms with E-state index in [4.69, 9.17) is 18.9 Å². The Morgan fingerprint density at radius 2 is 0.950 bits per heavy atom. The third-order valence-corrected chi connectivity index (χ3v) is 10.4. The molecule has 2 heterocycles. The number of benzene rings is 3. The monoisotopic (exact) mass is 816 g/mol. The van der Waals surface area contributed by atoms with Crippen LogP contribution in [0.5, 0.6) is 23.0 Å². The fraction of sp³-hybridized carbons (Fsp3) is 0.400. The van der Waals surface area contributed by atoms with Gasteiger partial charge in [0, 0.05) is 76.7 Å². The molecule has 10 heteroatoms. The molecule has 5 rings (SSSR count). The first-order valence-electron chi connectivity index (χ1n) is 21.5. The minimum Gasteiger partial charge on any atom is -0.494 e. The number of hydrogen-bond acceptors (Lipinski definition) is 8. The number of carbonyl (C=O) groups is 2. The van der Waals surface area contributed by atoms with Crippen LogP contribution in [0.2, 0.25) is 0 Å². The van der Waals surface area contributed by atoms with Gasteiger partial charge in [-0.3, -0.25) is 0 Å². The first-order chi connectivity index (χ1) is 29.2. The van der Waals surface area contributed by atoms with Gasteiger partial charge in [-0.15, -0.1) is 0 Å². The summed E-state index contributed by atoms with van der Waals surface area (Å²) in [6.07, 6.45) is 19.7. The van der Waals surface area contributed by atoms with Crippen LogP contribution in [0.1, 0.15) is 97.4 Å². The summed E-state index contributed by atoms with van der Waals surface area (Å²) in [5.41, 5.74) is 4.03. The second-order valence-electron chi connectivity index (χ2n) is 15.6. The maximum Gasteiger partial charge on any atom is 0.343 e. The molecule has 0 amide bonds. The van der Waals surface area contributed by atoms with Crippen LogP contribution >= 0.6 is 0 Å². The second kappa shape index (κ2) is 24.2. The maximum atomic E-state index is 13.3. The van der Waals surface area contributed by atoms with Crippen molar-refractivity contribution in [2.75, 3.05) is 51.2 Å². The molecule has 60 heavy (non-hydrogen) atoms. The Morgan fingerprint density at radius 3 is 1.43 bits per heavy atom. The number of aryl methyl sites for hydroxylation is 3. The molecule has 3 aromatic carbocycles. The number of esters is 2. The van der Waals surface area contributed by atoms with Crippen LogP contribution < -0.4 is 37.9 Å². The van der Waals surface area contributed by atoms with E-state index in [0.29, 0.717) is 53.8 Å². The van der Waals surface area contributed by atoms with Crippen LogP contribution in [0.3, 0.4) is 0 Å². The van der Waals surface area contributed by atoms with Crippen molar-refractivity contribution in [2.45, 2.75) is 90.6 Å². The number of nitrogens with zero attached hydrogens (tertiary/aromatic N) is 4. The zero-order valence-corrected chi connectivity index (χ0v) is 36.3. The van der Waals surface area contributed by atoms with E-state index in [1.54, 1.807) is 60.7 Å². The Balaban J connectivity index is 1.09. The lowest BCUT2D eigenvalue weighted by molar-refractivity contribution is -0.697. The summed E-state index contributed by atoms with van der Waals surface area (Å²) >= 11 is 0. The summed E-state index contributed by atoms with van der Waals surface area (Å²) in [4.78, 5) is 30.7. The molecule has 0 saturated carbocycles. The average Bonchev–Trinajstić information content (AvgIpc) is 3.26. The summed E-state index contributed by atoms with van der Waals surface area (Å²) in [6.45, 7) is 5.23. The second-order valence-corrected chi connectivity index (χ2v) is 15.6. The number of pyridine rings is 2. The van der Waals surface area contributed by atoms with Gasteiger partial charge in [-0.2, -0.15) is 0 Å². The molecule has 0 aliphatic rings. The summed E-state index contributed by atoms with van der Waals surface area (Å²) in [5.74, 6) is 1.36. The maximum absolute atomic E-state index is 13.3. The van der Waals surface area contributed by atoms with Gasteiger partial charge in [0.05, 0.1) is 24.3 Å². The van der Waals surface area contributed by atoms with Crippen LogP contribution in [0.25, 0.3) is 0 Å². The number of hydrogen-bond donors (Lipinski definition) is 0. The molecule has 0 atom stereocenters. The molecule has 0 fully saturated rings. The third-order valence-electron chi connectivity index (χ3n) is 10.4. The zero-order chi connectivity index (χ0) is 42.5. The van der Waals surface area contributed by atoms with Crippen molar-refractivity contribution < 1.29 is 37.7 Å². The predicted octanol–water partition coefficient (Wildman–Crippen LogP) is 9.45. The molecule has 0 bridgehead atoms. The normalized spacial score (nSPS) is 10.9. The first kappa shape index (κ1) is 45.2. The van der Waals surface area contributed by atoms with E-state index in [1.165, 1.54) is 30.6 Å². The van der Waals surface area contributed by atoms with Gasteiger partial charge in [0.2, 0.25) is 0 Å². The van der Waals surface area contributed by atoms with Crippen molar-refractivity contribution in [3.8, 4) is 23.0 Å². The molecule has 0 aliphatic carbocycles. The quantitative estimate of drug-likeness (QED) is 0.0250. The Bertz CT molecular complexity index is 2030. The molecular weight excluding hydrogens is 753 g/mol. The molecule has 318 valence electrons. The molecule has 10 nitrogen and oxygen atoms in total. The van der Waals surface area contributed by atoms with E-state index in [2.05, 4.69) is 74.9 Å². The molecule has 5 aromatic rings. The van der Waals surface area contributed by atoms with Gasteiger partial charge >= 0.3 is 11.9 Å². The van der Waals surface area contributed by atoms with E-state index in [-0.39, 0.29) is 0 Å². The highest BCUT2D eigenvalue weighted by molar-refractivity contribution is 5.92. The van der Waals surface area contributed by atoms with E-state index in [1.807, 2.05) is 34.3 Å². The highest BCUT2D eigenvalue weighted by Crippen LogP contribution is 2.28. The van der Waals surface area contributed by atoms with Crippen LogP contribution in [0.4, 0.5) is 11.4 Å². The molecular formula is C50H64N4O6+2. The topological polar surface area (TPSA) is 85.3 Å². The van der Waals surface area contributed by atoms with Gasteiger partial charge in [0.15, 0.2) is 24.8 Å². The number of rotatable bonds is 25. The highest BCUT2D eigenvalue weighted by atomic mass is 16.5. The first-order valence-corrected chi connectivity index (χ1v) is 21.5. The lowest BCUT2D eigenvalue weighted by atomic mass is 10.0. The van der Waals surface area contributed by atoms with Crippen LogP contribution in [0.15, 0.2) is 116 Å². The summed E-state index contributed by atoms with van der Waals surface area (Å²) in [7, 11) is 8.14. The highest BCUT2D eigenvalue weighted by Gasteiger charge is 2.16. The number of anilines is 2. The Kier molecular flexibility index (Phi) is 18.3. The minimum atomic E-state index is -0.467. The van der Waals surface area contributed by atoms with Crippen molar-refractivity contribution in [2.24, 2.45) is 0 Å². The molecule has 0 radical (unpaired) electrons. The standard InChI is InChI=1S/C50H64N4O6/c1-6-7-8-9-10-11-16-42-39-47(59-49(55)40-17-21-45(22-18-40)57-37-14-12-31-53-33-27-43(28-34-53)51(2)3)25-26-48(42)60-50(56)41-19-23-46(24-20-41)58-38-15-13-32-54-35-29-44(30-36-54)52(4)5/h17-30,33-36,39H,6-16,31-32,37-38H2,1-5H3/q+2. The number of aromatic nitrogens is 2. The molecule has 2 aromatic heterocycles. The van der Waals surface area contributed by atoms with Crippen LogP contribution in [0, 0.1) is 0 Å². The third kappa shape index (κ3) is 15.0. The van der Waals surface area contributed by atoms with E-state index in [9.17, 15) is 9.59 Å². The molecule has 0 saturated heterocycles. The molecule has 0 aliphatic heterocycles. The predicted molar refractivity (Wildman–Crippen MR) is 238 cm³/mol. The van der Waals surface area contributed by atoms with E-state index >= 15 is 0 Å². The van der Waals surface area contributed by atoms with Gasteiger partial charge < -0.3 is 28.7 Å². The number of unbranched alkanes of at least 4 members (excludes halogenated alkanes) is 7. The smallest absolute Gasteiger partial charge is 0.343 e. The fourth-order valence-corrected chi connectivity index (χ4v) is 6.68. The van der Waals surface area contributed by atoms with Gasteiger partial charge in [0.25, 0.3) is 0 Å². The SMILES string of the molecule is CCCCCCCCc1cc(OC(=O)c2ccc(OCCCC[n+]3ccc(N(C)C)cc3)cc2)ccc1OC(=O)c1ccc(OCCCC[n+]2ccc(N(C)C)cc2)cc1. The number of carbonyl (C=O) groups excluding carboxylic acids is 2. The van der Waals surface area contributed by atoms with Crippen LogP contribution in [-0.4, -0.2) is 53.3 Å². The van der Waals surface area contributed by atoms with Crippen molar-refractivity contribution in [1.82, 2.24) is 0 Å². The van der Waals surface area contributed by atoms with Gasteiger partial charge in [-0.1, -0.05) is 39.0 Å². The lowest BCUT2D eigenvalue weighted by Crippen LogP contribution is -2.33. The fourth-order valence-electron chi connectivity index (χ4n) is 6.68. The minimum absolute atomic E-state index is 0.401. The average molecular weight is 817 g/mol. The Morgan fingerprint density at radius 1 is 0.500 bits per heavy atom. The Hall–Kier alpha value is -5.90. The molecule has 0 unspecified atom stereocenters. The summed E-state index contributed by atoms with van der Waals surface area (Å²) in [5, 5.41) is 0. The summed E-state index contributed by atoms with van der Waals surface area (Å²) in [6, 6.07) is 27.7. The molecule has 0 N–H and O–H groups in total. The summed E-state index contributed by atoms with van der Waals surface area (Å²) < 4.78 is 28.0. The van der Waals surface area contributed by atoms with Crippen molar-refractivity contribution >= 4 is 23.3 Å². The zero-order valence-electron chi connectivity index (χ0n) is 36.3. The van der Waals surface area contributed by atoms with Crippen molar-refractivity contribution in [1.29, 1.82) is 0 Å². The Labute approximate surface area is 357 Å². The van der Waals surface area contributed by atoms with E-state index < -0.39 is 11.9 Å². The van der Waals surface area contributed by atoms with Crippen molar-refractivity contribution in [3.05, 3.63) is 132 Å². The van der Waals surface area contributed by atoms with Gasteiger partial charge in [0.1, 0.15) is 36.1 Å². The van der Waals surface area contributed by atoms with Gasteiger partial charge in [-0.25, -0.2) is 18.7 Å². The van der Waals surface area contributed by atoms with Crippen molar-refractivity contribution in [3.63, 3.8) is 0 Å². The largest absolute Gasteiger partial charge is 0.494 e. The molecule has 0 spiro atoms. The lowest BCUT2D eigenvalue weighted by Gasteiger charge is -2.13. The van der Waals surface area contributed by atoms with Crippen LogP contribution in [-0.2, 0) is 19.5 Å².